The van der Waals surface area contributed by atoms with Crippen molar-refractivity contribution in [3.05, 3.63) is 71.4 Å². The van der Waals surface area contributed by atoms with Crippen LogP contribution in [0.2, 0.25) is 0 Å². The molecule has 0 amide bonds. The topological polar surface area (TPSA) is 25.8 Å². The Hall–Kier alpha value is -2.56. The Balaban J connectivity index is 1.87. The Labute approximate surface area is 147 Å². The number of nitrogens with zero attached hydrogens (tertiary/aromatic N) is 2. The molecule has 2 nitrogen and oxygen atoms in total. The molecule has 0 atom stereocenters. The molecule has 2 aromatic carbocycles. The highest BCUT2D eigenvalue weighted by Crippen LogP contribution is 2.36. The fourth-order valence-corrected chi connectivity index (χ4v) is 4.34. The lowest BCUT2D eigenvalue weighted by Gasteiger charge is -2.08. The Morgan fingerprint density at radius 2 is 1.08 bits per heavy atom. The first-order chi connectivity index (χ1) is 11.9. The molecule has 0 spiro atoms. The molecular weight excluding hydrogens is 332 g/mol. The van der Waals surface area contributed by atoms with E-state index in [0.717, 1.165) is 32.2 Å². The third-order valence-corrected chi connectivity index (χ3v) is 5.79. The van der Waals surface area contributed by atoms with Crippen LogP contribution in [0.4, 0.5) is 0 Å². The molecule has 0 unspecified atom stereocenters. The maximum atomic E-state index is 4.98. The number of benzene rings is 2. The molecule has 0 aliphatic heterocycles. The minimum atomic E-state index is 0.942. The van der Waals surface area contributed by atoms with Gasteiger partial charge in [-0.2, -0.15) is 0 Å². The van der Waals surface area contributed by atoms with Gasteiger partial charge < -0.3 is 0 Å². The van der Waals surface area contributed by atoms with E-state index in [1.54, 1.807) is 22.7 Å². The molecule has 5 aromatic rings. The van der Waals surface area contributed by atoms with Crippen molar-refractivity contribution in [2.24, 2.45) is 0 Å². The third-order valence-electron chi connectivity index (χ3n) is 4.04. The smallest absolute Gasteiger partial charge is 0.108 e. The summed E-state index contributed by atoms with van der Waals surface area (Å²) in [4.78, 5) is 12.3. The molecule has 0 saturated carbocycles. The van der Waals surface area contributed by atoms with Gasteiger partial charge in [-0.3, -0.25) is 0 Å². The average Bonchev–Trinajstić information content (AvgIpc) is 3.32. The predicted molar refractivity (Wildman–Crippen MR) is 104 cm³/mol. The van der Waals surface area contributed by atoms with Crippen molar-refractivity contribution in [2.45, 2.75) is 0 Å². The third kappa shape index (κ3) is 2.23. The van der Waals surface area contributed by atoms with Crippen LogP contribution in [0.5, 0.6) is 0 Å². The lowest BCUT2D eigenvalue weighted by molar-refractivity contribution is 1.32. The van der Waals surface area contributed by atoms with Gasteiger partial charge >= 0.3 is 0 Å². The number of aromatic nitrogens is 2. The molecule has 0 aliphatic carbocycles. The average molecular weight is 344 g/mol. The Bertz CT molecular complexity index is 1050. The van der Waals surface area contributed by atoms with E-state index in [1.165, 1.54) is 10.8 Å². The molecule has 4 heteroatoms. The molecule has 0 bridgehead atoms. The number of fused-ring (bicyclic) bond motifs is 2. The summed E-state index contributed by atoms with van der Waals surface area (Å²) < 4.78 is 0. The molecule has 0 fully saturated rings. The summed E-state index contributed by atoms with van der Waals surface area (Å²) in [6, 6.07) is 21.0. The van der Waals surface area contributed by atoms with Gasteiger partial charge in [-0.25, -0.2) is 9.97 Å². The fraction of sp³-hybridized carbons (Fsp3) is 0. The largest absolute Gasteiger partial charge is 0.243 e. The van der Waals surface area contributed by atoms with Gasteiger partial charge in [0.25, 0.3) is 0 Å². The van der Waals surface area contributed by atoms with E-state index in [-0.39, 0.29) is 0 Å². The summed E-state index contributed by atoms with van der Waals surface area (Å²) in [6.07, 6.45) is 0. The minimum Gasteiger partial charge on any atom is -0.243 e. The number of rotatable bonds is 2. The van der Waals surface area contributed by atoms with Gasteiger partial charge in [0.1, 0.15) is 11.4 Å². The van der Waals surface area contributed by atoms with Crippen molar-refractivity contribution in [1.29, 1.82) is 0 Å². The SMILES string of the molecule is c1csc(-c2nc3cc4ccccc4cc3nc2-c2cccs2)c1. The number of hydrogen-bond donors (Lipinski definition) is 0. The predicted octanol–water partition coefficient (Wildman–Crippen LogP) is 6.24. The molecule has 0 N–H and O–H groups in total. The van der Waals surface area contributed by atoms with Crippen molar-refractivity contribution < 1.29 is 0 Å². The van der Waals surface area contributed by atoms with Crippen molar-refractivity contribution in [3.63, 3.8) is 0 Å². The summed E-state index contributed by atoms with van der Waals surface area (Å²) in [6.45, 7) is 0. The lowest BCUT2D eigenvalue weighted by atomic mass is 10.1. The van der Waals surface area contributed by atoms with Crippen LogP contribution in [0.1, 0.15) is 0 Å². The molecule has 0 radical (unpaired) electrons. The molecular formula is C20H12N2S2. The molecule has 0 aliphatic rings. The zero-order valence-electron chi connectivity index (χ0n) is 12.6. The number of hydrogen-bond acceptors (Lipinski definition) is 4. The second-order valence-electron chi connectivity index (χ2n) is 5.56. The summed E-state index contributed by atoms with van der Waals surface area (Å²) in [5, 5.41) is 6.56. The molecule has 3 heterocycles. The highest BCUT2D eigenvalue weighted by molar-refractivity contribution is 7.14. The van der Waals surface area contributed by atoms with Gasteiger partial charge in [-0.15, -0.1) is 22.7 Å². The summed E-state index contributed by atoms with van der Waals surface area (Å²) in [7, 11) is 0. The Kier molecular flexibility index (Phi) is 3.18. The van der Waals surface area contributed by atoms with Gasteiger partial charge in [0.2, 0.25) is 0 Å². The highest BCUT2D eigenvalue weighted by atomic mass is 32.1. The van der Waals surface area contributed by atoms with E-state index in [1.807, 2.05) is 0 Å². The lowest BCUT2D eigenvalue weighted by Crippen LogP contribution is -1.93. The molecule has 24 heavy (non-hydrogen) atoms. The van der Waals surface area contributed by atoms with Gasteiger partial charge in [0, 0.05) is 0 Å². The van der Waals surface area contributed by atoms with Crippen molar-refractivity contribution in [2.75, 3.05) is 0 Å². The number of thiophene rings is 2. The van der Waals surface area contributed by atoms with Gasteiger partial charge in [0.05, 0.1) is 20.8 Å². The minimum absolute atomic E-state index is 0.942. The van der Waals surface area contributed by atoms with E-state index in [2.05, 4.69) is 71.4 Å². The van der Waals surface area contributed by atoms with Crippen LogP contribution in [0, 0.1) is 0 Å². The second-order valence-corrected chi connectivity index (χ2v) is 7.46. The van der Waals surface area contributed by atoms with E-state index >= 15 is 0 Å². The van der Waals surface area contributed by atoms with E-state index in [0.29, 0.717) is 0 Å². The zero-order chi connectivity index (χ0) is 15.9. The van der Waals surface area contributed by atoms with E-state index in [4.69, 9.17) is 9.97 Å². The van der Waals surface area contributed by atoms with Crippen LogP contribution < -0.4 is 0 Å². The Morgan fingerprint density at radius 3 is 1.50 bits per heavy atom. The van der Waals surface area contributed by atoms with E-state index < -0.39 is 0 Å². The maximum absolute atomic E-state index is 4.98. The van der Waals surface area contributed by atoms with Crippen LogP contribution in [-0.4, -0.2) is 9.97 Å². The maximum Gasteiger partial charge on any atom is 0.108 e. The molecule has 3 aromatic heterocycles. The fourth-order valence-electron chi connectivity index (χ4n) is 2.91. The monoisotopic (exact) mass is 344 g/mol. The van der Waals surface area contributed by atoms with Crippen LogP contribution >= 0.6 is 22.7 Å². The van der Waals surface area contributed by atoms with Crippen LogP contribution in [0.25, 0.3) is 42.9 Å². The van der Waals surface area contributed by atoms with Gasteiger partial charge in [-0.1, -0.05) is 36.4 Å². The summed E-state index contributed by atoms with van der Waals surface area (Å²) in [5.41, 5.74) is 3.82. The zero-order valence-corrected chi connectivity index (χ0v) is 14.3. The Morgan fingerprint density at radius 1 is 0.583 bits per heavy atom. The highest BCUT2D eigenvalue weighted by Gasteiger charge is 2.15. The standard InChI is InChI=1S/C20H12N2S2/c1-2-6-14-12-16-15(11-13(14)5-1)21-19(17-7-3-9-23-17)20(22-16)18-8-4-10-24-18/h1-12H. The van der Waals surface area contributed by atoms with Crippen molar-refractivity contribution in [1.82, 2.24) is 9.97 Å². The first-order valence-electron chi connectivity index (χ1n) is 7.67. The van der Waals surface area contributed by atoms with Crippen LogP contribution in [0.15, 0.2) is 71.4 Å². The van der Waals surface area contributed by atoms with E-state index in [9.17, 15) is 0 Å². The van der Waals surface area contributed by atoms with Gasteiger partial charge in [0.15, 0.2) is 0 Å². The summed E-state index contributed by atoms with van der Waals surface area (Å²) in [5.74, 6) is 0. The molecule has 0 saturated heterocycles. The van der Waals surface area contributed by atoms with Gasteiger partial charge in [-0.05, 0) is 45.8 Å². The quantitative estimate of drug-likeness (QED) is 0.354. The first-order valence-corrected chi connectivity index (χ1v) is 9.43. The molecule has 5 rings (SSSR count). The van der Waals surface area contributed by atoms with Crippen LogP contribution in [0.3, 0.4) is 0 Å². The second kappa shape index (κ2) is 5.51. The molecule has 114 valence electrons. The summed E-state index contributed by atoms with van der Waals surface area (Å²) >= 11 is 3.40. The van der Waals surface area contributed by atoms with Crippen molar-refractivity contribution >= 4 is 44.5 Å². The normalized spacial score (nSPS) is 11.3. The van der Waals surface area contributed by atoms with Crippen LogP contribution in [-0.2, 0) is 0 Å². The first kappa shape index (κ1) is 13.8. The van der Waals surface area contributed by atoms with Crippen molar-refractivity contribution in [3.8, 4) is 21.1 Å².